The lowest BCUT2D eigenvalue weighted by molar-refractivity contribution is 0.0600. The number of benzene rings is 2. The lowest BCUT2D eigenvalue weighted by Gasteiger charge is -2.08. The summed E-state index contributed by atoms with van der Waals surface area (Å²) in [6.45, 7) is 0.365. The van der Waals surface area contributed by atoms with E-state index in [1.807, 2.05) is 30.3 Å². The Balaban J connectivity index is 2.18. The minimum Gasteiger partial charge on any atom is -0.489 e. The summed E-state index contributed by atoms with van der Waals surface area (Å²) < 4.78 is 10.2. The number of aldehydes is 1. The average Bonchev–Trinajstić information content (AvgIpc) is 2.52. The summed E-state index contributed by atoms with van der Waals surface area (Å²) >= 11 is 0. The summed E-state index contributed by atoms with van der Waals surface area (Å²) in [4.78, 5) is 22.4. The molecule has 0 atom stereocenters. The third kappa shape index (κ3) is 3.45. The normalized spacial score (nSPS) is 9.85. The molecule has 4 nitrogen and oxygen atoms in total. The van der Waals surface area contributed by atoms with Crippen LogP contribution in [0.15, 0.2) is 48.5 Å². The first-order valence-electron chi connectivity index (χ1n) is 6.08. The fourth-order valence-electron chi connectivity index (χ4n) is 1.75. The molecule has 4 heteroatoms. The van der Waals surface area contributed by atoms with Crippen molar-refractivity contribution in [2.75, 3.05) is 7.11 Å². The Kier molecular flexibility index (Phi) is 4.50. The first-order valence-corrected chi connectivity index (χ1v) is 6.08. The second-order valence-electron chi connectivity index (χ2n) is 4.17. The van der Waals surface area contributed by atoms with Crippen LogP contribution in [0, 0.1) is 0 Å². The molecule has 0 saturated heterocycles. The number of rotatable bonds is 5. The molecule has 0 radical (unpaired) electrons. The van der Waals surface area contributed by atoms with E-state index in [1.54, 1.807) is 12.1 Å². The topological polar surface area (TPSA) is 52.6 Å². The molecule has 102 valence electrons. The number of esters is 1. The molecular weight excluding hydrogens is 256 g/mol. The smallest absolute Gasteiger partial charge is 0.338 e. The molecule has 0 unspecified atom stereocenters. The number of carbonyl (C=O) groups is 2. The van der Waals surface area contributed by atoms with Crippen molar-refractivity contribution in [1.82, 2.24) is 0 Å². The Morgan fingerprint density at radius 3 is 2.55 bits per heavy atom. The number of methoxy groups -OCH3 is 1. The highest BCUT2D eigenvalue weighted by Gasteiger charge is 2.09. The van der Waals surface area contributed by atoms with Gasteiger partial charge < -0.3 is 9.47 Å². The van der Waals surface area contributed by atoms with Crippen LogP contribution >= 0.6 is 0 Å². The van der Waals surface area contributed by atoms with Gasteiger partial charge in [-0.25, -0.2) is 4.79 Å². The summed E-state index contributed by atoms with van der Waals surface area (Å²) in [5, 5.41) is 0. The zero-order valence-electron chi connectivity index (χ0n) is 11.0. The summed E-state index contributed by atoms with van der Waals surface area (Å²) in [6, 6.07) is 14.2. The Morgan fingerprint density at radius 1 is 1.15 bits per heavy atom. The predicted molar refractivity (Wildman–Crippen MR) is 73.9 cm³/mol. The van der Waals surface area contributed by atoms with Crippen molar-refractivity contribution < 1.29 is 19.1 Å². The van der Waals surface area contributed by atoms with Crippen LogP contribution in [0.1, 0.15) is 26.3 Å². The maximum atomic E-state index is 11.5. The number of carbonyl (C=O) groups excluding carboxylic acids is 2. The first-order chi connectivity index (χ1) is 9.72. The molecule has 0 N–H and O–H groups in total. The van der Waals surface area contributed by atoms with Crippen LogP contribution < -0.4 is 4.74 Å². The summed E-state index contributed by atoms with van der Waals surface area (Å²) in [5.41, 5.74) is 1.67. The zero-order chi connectivity index (χ0) is 14.4. The highest BCUT2D eigenvalue weighted by Crippen LogP contribution is 2.18. The quantitative estimate of drug-likeness (QED) is 0.619. The van der Waals surface area contributed by atoms with E-state index in [4.69, 9.17) is 4.74 Å². The summed E-state index contributed by atoms with van der Waals surface area (Å²) in [7, 11) is 1.29. The number of hydrogen-bond donors (Lipinski definition) is 0. The van der Waals surface area contributed by atoms with Gasteiger partial charge in [0, 0.05) is 5.56 Å². The van der Waals surface area contributed by atoms with Crippen molar-refractivity contribution in [2.45, 2.75) is 6.61 Å². The number of ether oxygens (including phenoxy) is 2. The van der Waals surface area contributed by atoms with Crippen LogP contribution in [0.2, 0.25) is 0 Å². The highest BCUT2D eigenvalue weighted by atomic mass is 16.5. The van der Waals surface area contributed by atoms with Gasteiger partial charge in [0.25, 0.3) is 0 Å². The third-order valence-electron chi connectivity index (χ3n) is 2.73. The van der Waals surface area contributed by atoms with E-state index in [0.29, 0.717) is 29.8 Å². The van der Waals surface area contributed by atoms with Gasteiger partial charge in [-0.15, -0.1) is 0 Å². The number of hydrogen-bond acceptors (Lipinski definition) is 4. The van der Waals surface area contributed by atoms with Gasteiger partial charge in [-0.3, -0.25) is 4.79 Å². The highest BCUT2D eigenvalue weighted by molar-refractivity contribution is 5.92. The third-order valence-corrected chi connectivity index (χ3v) is 2.73. The molecule has 0 spiro atoms. The SMILES string of the molecule is COC(=O)c1cc(C=O)cc(OCc2ccccc2)c1. The van der Waals surface area contributed by atoms with Crippen LogP contribution in [0.25, 0.3) is 0 Å². The van der Waals surface area contributed by atoms with Crippen LogP contribution in [-0.4, -0.2) is 19.4 Å². The Hall–Kier alpha value is -2.62. The van der Waals surface area contributed by atoms with Gasteiger partial charge in [0.1, 0.15) is 18.6 Å². The maximum absolute atomic E-state index is 11.5. The van der Waals surface area contributed by atoms with Crippen molar-refractivity contribution in [3.63, 3.8) is 0 Å². The molecule has 2 rings (SSSR count). The zero-order valence-corrected chi connectivity index (χ0v) is 11.0. The van der Waals surface area contributed by atoms with Crippen molar-refractivity contribution in [3.05, 3.63) is 65.2 Å². The summed E-state index contributed by atoms with van der Waals surface area (Å²) in [6.07, 6.45) is 0.668. The minimum absolute atomic E-state index is 0.292. The second-order valence-corrected chi connectivity index (χ2v) is 4.17. The molecule has 0 fully saturated rings. The molecule has 0 aliphatic rings. The molecule has 0 heterocycles. The van der Waals surface area contributed by atoms with E-state index in [9.17, 15) is 9.59 Å². The fourth-order valence-corrected chi connectivity index (χ4v) is 1.75. The standard InChI is InChI=1S/C16H14O4/c1-19-16(18)14-7-13(10-17)8-15(9-14)20-11-12-5-3-2-4-6-12/h2-10H,11H2,1H3. The molecule has 0 aliphatic carbocycles. The molecule has 20 heavy (non-hydrogen) atoms. The maximum Gasteiger partial charge on any atom is 0.338 e. The van der Waals surface area contributed by atoms with E-state index < -0.39 is 5.97 Å². The molecule has 0 bridgehead atoms. The molecule has 0 amide bonds. The average molecular weight is 270 g/mol. The van der Waals surface area contributed by atoms with Crippen LogP contribution in [0.3, 0.4) is 0 Å². The van der Waals surface area contributed by atoms with Gasteiger partial charge >= 0.3 is 5.97 Å². The molecule has 0 aromatic heterocycles. The molecule has 2 aromatic carbocycles. The molecular formula is C16H14O4. The van der Waals surface area contributed by atoms with Gasteiger partial charge in [0.05, 0.1) is 12.7 Å². The van der Waals surface area contributed by atoms with E-state index in [1.165, 1.54) is 13.2 Å². The van der Waals surface area contributed by atoms with E-state index in [0.717, 1.165) is 5.56 Å². The summed E-state index contributed by atoms with van der Waals surface area (Å²) in [5.74, 6) is -0.0443. The lowest BCUT2D eigenvalue weighted by atomic mass is 10.1. The molecule has 2 aromatic rings. The van der Waals surface area contributed by atoms with E-state index in [2.05, 4.69) is 4.74 Å². The minimum atomic E-state index is -0.502. The van der Waals surface area contributed by atoms with Gasteiger partial charge in [0.15, 0.2) is 0 Å². The van der Waals surface area contributed by atoms with Gasteiger partial charge in [-0.05, 0) is 23.8 Å². The Bertz CT molecular complexity index is 605. The Morgan fingerprint density at radius 2 is 1.90 bits per heavy atom. The van der Waals surface area contributed by atoms with Crippen molar-refractivity contribution in [3.8, 4) is 5.75 Å². The predicted octanol–water partition coefficient (Wildman–Crippen LogP) is 2.86. The van der Waals surface area contributed by atoms with Crippen molar-refractivity contribution in [2.24, 2.45) is 0 Å². The molecule has 0 saturated carbocycles. The second kappa shape index (κ2) is 6.52. The van der Waals surface area contributed by atoms with E-state index in [-0.39, 0.29) is 0 Å². The van der Waals surface area contributed by atoms with Crippen LogP contribution in [0.4, 0.5) is 0 Å². The Labute approximate surface area is 116 Å². The van der Waals surface area contributed by atoms with Crippen molar-refractivity contribution in [1.29, 1.82) is 0 Å². The largest absolute Gasteiger partial charge is 0.489 e. The van der Waals surface area contributed by atoms with Gasteiger partial charge in [0.2, 0.25) is 0 Å². The lowest BCUT2D eigenvalue weighted by Crippen LogP contribution is -2.03. The fraction of sp³-hybridized carbons (Fsp3) is 0.125. The van der Waals surface area contributed by atoms with E-state index >= 15 is 0 Å². The van der Waals surface area contributed by atoms with Gasteiger partial charge in [-0.2, -0.15) is 0 Å². The van der Waals surface area contributed by atoms with Crippen LogP contribution in [-0.2, 0) is 11.3 Å². The monoisotopic (exact) mass is 270 g/mol. The van der Waals surface area contributed by atoms with Crippen LogP contribution in [0.5, 0.6) is 5.75 Å². The first kappa shape index (κ1) is 13.8. The molecule has 0 aliphatic heterocycles. The van der Waals surface area contributed by atoms with Crippen molar-refractivity contribution >= 4 is 12.3 Å². The van der Waals surface area contributed by atoms with Gasteiger partial charge in [-0.1, -0.05) is 30.3 Å².